The van der Waals surface area contributed by atoms with Crippen LogP contribution in [-0.4, -0.2) is 31.7 Å². The number of aliphatic imine (C=N–C) groups is 1. The third-order valence-electron chi connectivity index (χ3n) is 3.56. The van der Waals surface area contributed by atoms with Crippen LogP contribution in [0.4, 0.5) is 0 Å². The first-order chi connectivity index (χ1) is 10.8. The molecule has 0 atom stereocenters. The second kappa shape index (κ2) is 11.3. The number of rotatable bonds is 7. The summed E-state index contributed by atoms with van der Waals surface area (Å²) in [7, 11) is 0. The first kappa shape index (κ1) is 19.8. The maximum absolute atomic E-state index is 5.72. The van der Waals surface area contributed by atoms with Crippen LogP contribution < -0.4 is 15.4 Å². The topological polar surface area (TPSA) is 45.7 Å². The van der Waals surface area contributed by atoms with Gasteiger partial charge in [0.15, 0.2) is 5.96 Å². The van der Waals surface area contributed by atoms with Crippen molar-refractivity contribution in [3.05, 3.63) is 42.0 Å². The van der Waals surface area contributed by atoms with Crippen LogP contribution in [0.3, 0.4) is 0 Å². The Labute approximate surface area is 156 Å². The monoisotopic (exact) mass is 429 g/mol. The summed E-state index contributed by atoms with van der Waals surface area (Å²) in [5.74, 6) is 1.84. The smallest absolute Gasteiger partial charge is 0.191 e. The molecule has 1 aliphatic rings. The van der Waals surface area contributed by atoms with Gasteiger partial charge in [0, 0.05) is 25.6 Å². The lowest BCUT2D eigenvalue weighted by atomic mass is 10.2. The highest BCUT2D eigenvalue weighted by atomic mass is 127. The quantitative estimate of drug-likeness (QED) is 0.229. The molecule has 0 amide bonds. The zero-order chi connectivity index (χ0) is 15.6. The van der Waals surface area contributed by atoms with Crippen LogP contribution in [0.25, 0.3) is 0 Å². The lowest BCUT2D eigenvalue weighted by Crippen LogP contribution is -2.42. The fourth-order valence-electron chi connectivity index (χ4n) is 2.33. The molecule has 128 valence electrons. The van der Waals surface area contributed by atoms with Crippen molar-refractivity contribution < 1.29 is 4.74 Å². The molecule has 0 aliphatic heterocycles. The average molecular weight is 429 g/mol. The summed E-state index contributed by atoms with van der Waals surface area (Å²) >= 11 is 0. The van der Waals surface area contributed by atoms with Gasteiger partial charge in [0.2, 0.25) is 0 Å². The van der Waals surface area contributed by atoms with Gasteiger partial charge in [-0.1, -0.05) is 29.8 Å². The van der Waals surface area contributed by atoms with Gasteiger partial charge in [-0.25, -0.2) is 0 Å². The Hall–Kier alpha value is -1.24. The molecule has 0 bridgehead atoms. The standard InChI is InChI=1S/C18H27N3O.HI/c1-3-19-18(21-16-7-4-5-8-16)20-13-6-14-22-17-11-9-15(2)10-12-17;/h4-5,9-12,16H,3,6-8,13-14H2,1-2H3,(H2,19,20,21);1H. The Morgan fingerprint density at radius 1 is 1.22 bits per heavy atom. The Morgan fingerprint density at radius 3 is 2.57 bits per heavy atom. The highest BCUT2D eigenvalue weighted by molar-refractivity contribution is 14.0. The molecule has 1 aliphatic carbocycles. The third kappa shape index (κ3) is 7.72. The molecule has 5 heteroatoms. The van der Waals surface area contributed by atoms with Crippen LogP contribution in [0.5, 0.6) is 5.75 Å². The van der Waals surface area contributed by atoms with Gasteiger partial charge in [0.05, 0.1) is 6.61 Å². The normalized spacial score (nSPS) is 14.4. The molecular formula is C18H28IN3O. The highest BCUT2D eigenvalue weighted by Crippen LogP contribution is 2.11. The number of nitrogens with zero attached hydrogens (tertiary/aromatic N) is 1. The molecule has 0 saturated carbocycles. The summed E-state index contributed by atoms with van der Waals surface area (Å²) < 4.78 is 5.72. The number of guanidine groups is 1. The van der Waals surface area contributed by atoms with Gasteiger partial charge in [-0.15, -0.1) is 24.0 Å². The minimum absolute atomic E-state index is 0. The van der Waals surface area contributed by atoms with Gasteiger partial charge < -0.3 is 15.4 Å². The molecule has 0 saturated heterocycles. The summed E-state index contributed by atoms with van der Waals surface area (Å²) in [6.07, 6.45) is 7.52. The molecule has 0 aromatic heterocycles. The van der Waals surface area contributed by atoms with Crippen molar-refractivity contribution in [3.63, 3.8) is 0 Å². The second-order valence-electron chi connectivity index (χ2n) is 5.56. The first-order valence-electron chi connectivity index (χ1n) is 8.17. The SMILES string of the molecule is CCNC(=NCCCOc1ccc(C)cc1)NC1CC=CC1.I. The summed E-state index contributed by atoms with van der Waals surface area (Å²) in [5, 5.41) is 6.76. The molecule has 2 N–H and O–H groups in total. The van der Waals surface area contributed by atoms with E-state index >= 15 is 0 Å². The summed E-state index contributed by atoms with van der Waals surface area (Å²) in [6, 6.07) is 8.64. The predicted octanol–water partition coefficient (Wildman–Crippen LogP) is 3.66. The Kier molecular flexibility index (Phi) is 9.75. The van der Waals surface area contributed by atoms with Gasteiger partial charge in [-0.2, -0.15) is 0 Å². The van der Waals surface area contributed by atoms with Crippen LogP contribution in [0.2, 0.25) is 0 Å². The molecule has 0 spiro atoms. The Morgan fingerprint density at radius 2 is 1.91 bits per heavy atom. The number of halogens is 1. The molecule has 0 heterocycles. The minimum atomic E-state index is 0. The maximum atomic E-state index is 5.72. The van der Waals surface area contributed by atoms with Gasteiger partial charge in [0.25, 0.3) is 0 Å². The van der Waals surface area contributed by atoms with E-state index < -0.39 is 0 Å². The van der Waals surface area contributed by atoms with E-state index in [9.17, 15) is 0 Å². The number of nitrogens with one attached hydrogen (secondary N) is 2. The number of hydrogen-bond donors (Lipinski definition) is 2. The van der Waals surface area contributed by atoms with Crippen LogP contribution in [0.15, 0.2) is 41.4 Å². The molecule has 1 aromatic carbocycles. The van der Waals surface area contributed by atoms with Gasteiger partial charge in [-0.05, 0) is 38.8 Å². The van der Waals surface area contributed by atoms with Crippen molar-refractivity contribution in [3.8, 4) is 5.75 Å². The molecule has 1 aromatic rings. The molecule has 23 heavy (non-hydrogen) atoms. The summed E-state index contributed by atoms with van der Waals surface area (Å²) in [4.78, 5) is 4.61. The van der Waals surface area contributed by atoms with Crippen LogP contribution in [0, 0.1) is 6.92 Å². The number of ether oxygens (including phenoxy) is 1. The second-order valence-corrected chi connectivity index (χ2v) is 5.56. The number of aryl methyl sites for hydroxylation is 1. The van der Waals surface area contributed by atoms with Crippen molar-refractivity contribution in [1.82, 2.24) is 10.6 Å². The van der Waals surface area contributed by atoms with Crippen molar-refractivity contribution in [2.75, 3.05) is 19.7 Å². The first-order valence-corrected chi connectivity index (χ1v) is 8.17. The largest absolute Gasteiger partial charge is 0.494 e. The predicted molar refractivity (Wildman–Crippen MR) is 108 cm³/mol. The van der Waals surface area contributed by atoms with Gasteiger partial charge in [-0.3, -0.25) is 4.99 Å². The fraction of sp³-hybridized carbons (Fsp3) is 0.500. The third-order valence-corrected chi connectivity index (χ3v) is 3.56. The van der Waals surface area contributed by atoms with Crippen molar-refractivity contribution >= 4 is 29.9 Å². The van der Waals surface area contributed by atoms with E-state index in [0.29, 0.717) is 12.6 Å². The lowest BCUT2D eigenvalue weighted by molar-refractivity contribution is 0.313. The Bertz CT molecular complexity index is 491. The molecule has 0 radical (unpaired) electrons. The highest BCUT2D eigenvalue weighted by Gasteiger charge is 2.11. The van der Waals surface area contributed by atoms with Crippen LogP contribution in [0.1, 0.15) is 31.7 Å². The van der Waals surface area contributed by atoms with E-state index in [4.69, 9.17) is 4.74 Å². The van der Waals surface area contributed by atoms with Gasteiger partial charge in [0.1, 0.15) is 5.75 Å². The number of hydrogen-bond acceptors (Lipinski definition) is 2. The van der Waals surface area contributed by atoms with Crippen molar-refractivity contribution in [2.24, 2.45) is 4.99 Å². The Balaban J connectivity index is 0.00000264. The molecular weight excluding hydrogens is 401 g/mol. The van der Waals surface area contributed by atoms with Gasteiger partial charge >= 0.3 is 0 Å². The van der Waals surface area contributed by atoms with E-state index in [0.717, 1.165) is 44.1 Å². The molecule has 2 rings (SSSR count). The zero-order valence-electron chi connectivity index (χ0n) is 14.0. The minimum Gasteiger partial charge on any atom is -0.494 e. The lowest BCUT2D eigenvalue weighted by Gasteiger charge is -2.16. The van der Waals surface area contributed by atoms with Crippen molar-refractivity contribution in [1.29, 1.82) is 0 Å². The zero-order valence-corrected chi connectivity index (χ0v) is 16.4. The molecule has 0 fully saturated rings. The van der Waals surface area contributed by atoms with E-state index in [-0.39, 0.29) is 24.0 Å². The van der Waals surface area contributed by atoms with Crippen molar-refractivity contribution in [2.45, 2.75) is 39.2 Å². The van der Waals surface area contributed by atoms with E-state index in [1.165, 1.54) is 5.56 Å². The van der Waals surface area contributed by atoms with Crippen LogP contribution in [-0.2, 0) is 0 Å². The van der Waals surface area contributed by atoms with Crippen LogP contribution >= 0.6 is 24.0 Å². The maximum Gasteiger partial charge on any atom is 0.191 e. The van der Waals surface area contributed by atoms with E-state index in [1.54, 1.807) is 0 Å². The van der Waals surface area contributed by atoms with E-state index in [2.05, 4.69) is 53.8 Å². The fourth-order valence-corrected chi connectivity index (χ4v) is 2.33. The summed E-state index contributed by atoms with van der Waals surface area (Å²) in [6.45, 7) is 6.50. The average Bonchev–Trinajstić information content (AvgIpc) is 3.02. The summed E-state index contributed by atoms with van der Waals surface area (Å²) in [5.41, 5.74) is 1.25. The van der Waals surface area contributed by atoms with E-state index in [1.807, 2.05) is 12.1 Å². The molecule has 4 nitrogen and oxygen atoms in total. The molecule has 0 unspecified atom stereocenters. The number of benzene rings is 1.